The number of halogens is 1. The Labute approximate surface area is 137 Å². The van der Waals surface area contributed by atoms with Gasteiger partial charge >= 0.3 is 0 Å². The Bertz CT molecular complexity index is 599. The summed E-state index contributed by atoms with van der Waals surface area (Å²) >= 11 is 6.11. The molecule has 0 radical (unpaired) electrons. The third-order valence-electron chi connectivity index (χ3n) is 3.48. The highest BCUT2D eigenvalue weighted by Gasteiger charge is 2.03. The molecule has 0 aliphatic carbocycles. The van der Waals surface area contributed by atoms with E-state index in [0.717, 1.165) is 24.4 Å². The fourth-order valence-electron chi connectivity index (χ4n) is 1.98. The summed E-state index contributed by atoms with van der Waals surface area (Å²) < 4.78 is 10.9. The van der Waals surface area contributed by atoms with Crippen molar-refractivity contribution in [1.82, 2.24) is 0 Å². The van der Waals surface area contributed by atoms with Crippen molar-refractivity contribution in [3.63, 3.8) is 0 Å². The molecule has 0 saturated heterocycles. The summed E-state index contributed by atoms with van der Waals surface area (Å²) in [7, 11) is 1.61. The van der Waals surface area contributed by atoms with E-state index < -0.39 is 0 Å². The van der Waals surface area contributed by atoms with E-state index in [-0.39, 0.29) is 6.10 Å². The largest absolute Gasteiger partial charge is 0.495 e. The molecule has 2 rings (SSSR count). The second-order valence-electron chi connectivity index (χ2n) is 5.18. The normalized spacial score (nSPS) is 11.8. The third kappa shape index (κ3) is 4.57. The van der Waals surface area contributed by atoms with E-state index in [4.69, 9.17) is 21.1 Å². The van der Waals surface area contributed by atoms with Crippen molar-refractivity contribution in [1.29, 1.82) is 0 Å². The van der Waals surface area contributed by atoms with Crippen LogP contribution in [-0.2, 0) is 6.54 Å². The first-order valence-corrected chi connectivity index (χ1v) is 7.83. The summed E-state index contributed by atoms with van der Waals surface area (Å²) in [4.78, 5) is 0. The van der Waals surface area contributed by atoms with Gasteiger partial charge in [0, 0.05) is 12.2 Å². The predicted octanol–water partition coefficient (Wildman–Crippen LogP) is 5.14. The third-order valence-corrected chi connectivity index (χ3v) is 3.78. The molecule has 22 heavy (non-hydrogen) atoms. The van der Waals surface area contributed by atoms with Gasteiger partial charge < -0.3 is 14.8 Å². The van der Waals surface area contributed by atoms with Crippen molar-refractivity contribution in [3.05, 3.63) is 53.1 Å². The lowest BCUT2D eigenvalue weighted by Gasteiger charge is -2.13. The van der Waals surface area contributed by atoms with Gasteiger partial charge in [-0.05, 0) is 49.2 Å². The average Bonchev–Trinajstić information content (AvgIpc) is 2.54. The van der Waals surface area contributed by atoms with E-state index in [1.165, 1.54) is 5.56 Å². The van der Waals surface area contributed by atoms with Crippen LogP contribution < -0.4 is 14.8 Å². The van der Waals surface area contributed by atoms with Crippen molar-refractivity contribution in [2.75, 3.05) is 12.4 Å². The van der Waals surface area contributed by atoms with Crippen LogP contribution in [0.1, 0.15) is 25.8 Å². The minimum Gasteiger partial charge on any atom is -0.495 e. The van der Waals surface area contributed by atoms with Gasteiger partial charge in [0.15, 0.2) is 0 Å². The number of benzene rings is 2. The molecule has 0 amide bonds. The number of ether oxygens (including phenoxy) is 2. The molecule has 4 heteroatoms. The zero-order valence-corrected chi connectivity index (χ0v) is 14.0. The van der Waals surface area contributed by atoms with Crippen LogP contribution in [0.15, 0.2) is 42.5 Å². The second-order valence-corrected chi connectivity index (χ2v) is 5.59. The van der Waals surface area contributed by atoms with E-state index in [2.05, 4.69) is 31.3 Å². The number of nitrogens with one attached hydrogen (secondary N) is 1. The van der Waals surface area contributed by atoms with Crippen LogP contribution in [0.3, 0.4) is 0 Å². The Morgan fingerprint density at radius 3 is 2.45 bits per heavy atom. The van der Waals surface area contributed by atoms with Crippen molar-refractivity contribution in [2.45, 2.75) is 32.9 Å². The van der Waals surface area contributed by atoms with Crippen LogP contribution >= 0.6 is 11.6 Å². The fourth-order valence-corrected chi connectivity index (χ4v) is 2.24. The highest BCUT2D eigenvalue weighted by atomic mass is 35.5. The van der Waals surface area contributed by atoms with Crippen LogP contribution in [0.25, 0.3) is 0 Å². The topological polar surface area (TPSA) is 30.5 Å². The summed E-state index contributed by atoms with van der Waals surface area (Å²) in [5.41, 5.74) is 2.15. The highest BCUT2D eigenvalue weighted by Crippen LogP contribution is 2.27. The minimum absolute atomic E-state index is 0.241. The Balaban J connectivity index is 1.92. The van der Waals surface area contributed by atoms with Crippen molar-refractivity contribution in [3.8, 4) is 11.5 Å². The molecule has 0 saturated carbocycles. The van der Waals surface area contributed by atoms with E-state index in [0.29, 0.717) is 10.8 Å². The summed E-state index contributed by atoms with van der Waals surface area (Å²) in [6.45, 7) is 4.91. The molecule has 3 nitrogen and oxygen atoms in total. The summed E-state index contributed by atoms with van der Waals surface area (Å²) in [5.74, 6) is 1.59. The lowest BCUT2D eigenvalue weighted by molar-refractivity contribution is 0.217. The molecule has 0 aromatic heterocycles. The van der Waals surface area contributed by atoms with E-state index >= 15 is 0 Å². The Hall–Kier alpha value is -1.87. The maximum Gasteiger partial charge on any atom is 0.137 e. The Morgan fingerprint density at radius 2 is 1.86 bits per heavy atom. The average molecular weight is 320 g/mol. The van der Waals surface area contributed by atoms with Gasteiger partial charge in [-0.15, -0.1) is 0 Å². The SMILES string of the molecule is CCC(C)Oc1ccc(CNc2ccc(OC)c(Cl)c2)cc1. The van der Waals surface area contributed by atoms with Gasteiger partial charge in [-0.3, -0.25) is 0 Å². The number of hydrogen-bond acceptors (Lipinski definition) is 3. The molecule has 0 aliphatic rings. The van der Waals surface area contributed by atoms with E-state index in [1.807, 2.05) is 30.3 Å². The highest BCUT2D eigenvalue weighted by molar-refractivity contribution is 6.32. The van der Waals surface area contributed by atoms with Gasteiger partial charge in [0.1, 0.15) is 11.5 Å². The van der Waals surface area contributed by atoms with Gasteiger partial charge in [0.05, 0.1) is 18.2 Å². The van der Waals surface area contributed by atoms with Crippen LogP contribution in [0.4, 0.5) is 5.69 Å². The molecule has 0 heterocycles. The molecule has 118 valence electrons. The zero-order chi connectivity index (χ0) is 15.9. The number of rotatable bonds is 7. The van der Waals surface area contributed by atoms with Gasteiger partial charge in [0.25, 0.3) is 0 Å². The maximum absolute atomic E-state index is 6.11. The number of anilines is 1. The van der Waals surface area contributed by atoms with Crippen LogP contribution in [0, 0.1) is 0 Å². The summed E-state index contributed by atoms with van der Waals surface area (Å²) in [6, 6.07) is 13.8. The Kier molecular flexibility index (Phi) is 5.96. The van der Waals surface area contributed by atoms with Crippen molar-refractivity contribution < 1.29 is 9.47 Å². The zero-order valence-electron chi connectivity index (χ0n) is 13.2. The van der Waals surface area contributed by atoms with Gasteiger partial charge in [0.2, 0.25) is 0 Å². The first-order chi connectivity index (χ1) is 10.6. The van der Waals surface area contributed by atoms with E-state index in [1.54, 1.807) is 7.11 Å². The van der Waals surface area contributed by atoms with E-state index in [9.17, 15) is 0 Å². The summed E-state index contributed by atoms with van der Waals surface area (Å²) in [5, 5.41) is 3.95. The predicted molar refractivity (Wildman–Crippen MR) is 92.2 cm³/mol. The fraction of sp³-hybridized carbons (Fsp3) is 0.333. The molecule has 2 aromatic rings. The molecule has 2 aromatic carbocycles. The Morgan fingerprint density at radius 1 is 1.14 bits per heavy atom. The molecule has 1 N–H and O–H groups in total. The molecule has 1 unspecified atom stereocenters. The second kappa shape index (κ2) is 7.95. The number of methoxy groups -OCH3 is 1. The smallest absolute Gasteiger partial charge is 0.137 e. The molecule has 0 aliphatic heterocycles. The molecular formula is C18H22ClNO2. The van der Waals surface area contributed by atoms with Crippen LogP contribution in [0.5, 0.6) is 11.5 Å². The molecule has 0 fully saturated rings. The summed E-state index contributed by atoms with van der Waals surface area (Å²) in [6.07, 6.45) is 1.24. The molecular weight excluding hydrogens is 298 g/mol. The minimum atomic E-state index is 0.241. The van der Waals surface area contributed by atoms with Gasteiger partial charge in [-0.1, -0.05) is 30.7 Å². The van der Waals surface area contributed by atoms with Crippen molar-refractivity contribution in [2.24, 2.45) is 0 Å². The van der Waals surface area contributed by atoms with Gasteiger partial charge in [-0.2, -0.15) is 0 Å². The lowest BCUT2D eigenvalue weighted by Crippen LogP contribution is -2.09. The molecule has 1 atom stereocenters. The molecule has 0 bridgehead atoms. The number of hydrogen-bond donors (Lipinski definition) is 1. The first-order valence-electron chi connectivity index (χ1n) is 7.45. The standard InChI is InChI=1S/C18H22ClNO2/c1-4-13(2)22-16-8-5-14(6-9-16)12-20-15-7-10-18(21-3)17(19)11-15/h5-11,13,20H,4,12H2,1-3H3. The van der Waals surface area contributed by atoms with Crippen LogP contribution in [0.2, 0.25) is 5.02 Å². The quantitative estimate of drug-likeness (QED) is 0.766. The molecule has 0 spiro atoms. The first kappa shape index (κ1) is 16.5. The maximum atomic E-state index is 6.11. The van der Waals surface area contributed by atoms with Crippen LogP contribution in [-0.4, -0.2) is 13.2 Å². The monoisotopic (exact) mass is 319 g/mol. The van der Waals surface area contributed by atoms with Crippen molar-refractivity contribution >= 4 is 17.3 Å². The lowest BCUT2D eigenvalue weighted by atomic mass is 10.2. The van der Waals surface area contributed by atoms with Gasteiger partial charge in [-0.25, -0.2) is 0 Å².